The normalized spacial score (nSPS) is 12.1. The Labute approximate surface area is 97.8 Å². The predicted molar refractivity (Wildman–Crippen MR) is 64.9 cm³/mol. The Hall–Kier alpha value is -1.54. The Balaban J connectivity index is 2.65. The van der Waals surface area contributed by atoms with Crippen molar-refractivity contribution in [1.29, 1.82) is 0 Å². The van der Waals surface area contributed by atoms with E-state index < -0.39 is 0 Å². The number of fused-ring (bicyclic) bond motifs is 1. The Morgan fingerprint density at radius 2 is 2.25 bits per heavy atom. The van der Waals surface area contributed by atoms with Crippen LogP contribution < -0.4 is 0 Å². The number of rotatable bonds is 2. The molecule has 0 saturated carbocycles. The van der Waals surface area contributed by atoms with Gasteiger partial charge in [-0.1, -0.05) is 24.3 Å². The monoisotopic (exact) mass is 236 g/mol. The molecule has 0 unspecified atom stereocenters. The van der Waals surface area contributed by atoms with Crippen LogP contribution in [0.4, 0.5) is 4.39 Å². The van der Waals surface area contributed by atoms with Gasteiger partial charge in [0.2, 0.25) is 0 Å². The number of allylic oxidation sites excluding steroid dienone is 2. The van der Waals surface area contributed by atoms with E-state index in [4.69, 9.17) is 16.0 Å². The summed E-state index contributed by atoms with van der Waals surface area (Å²) in [6.45, 7) is 5.42. The molecule has 0 fully saturated rings. The summed E-state index contributed by atoms with van der Waals surface area (Å²) in [5.41, 5.74) is 1.52. The van der Waals surface area contributed by atoms with Crippen LogP contribution in [-0.4, -0.2) is 0 Å². The van der Waals surface area contributed by atoms with Gasteiger partial charge in [0.15, 0.2) is 0 Å². The van der Waals surface area contributed by atoms with Gasteiger partial charge in [0, 0.05) is 16.0 Å². The van der Waals surface area contributed by atoms with E-state index in [1.54, 1.807) is 12.1 Å². The fraction of sp³-hybridized carbons (Fsp3) is 0.0769. The fourth-order valence-electron chi connectivity index (χ4n) is 1.53. The maximum atomic E-state index is 13.1. The quantitative estimate of drug-likeness (QED) is 0.692. The topological polar surface area (TPSA) is 13.1 Å². The Morgan fingerprint density at radius 1 is 1.50 bits per heavy atom. The number of halogens is 2. The van der Waals surface area contributed by atoms with E-state index in [1.807, 2.05) is 6.92 Å². The molecule has 0 bridgehead atoms. The van der Waals surface area contributed by atoms with Crippen LogP contribution in [0.15, 0.2) is 40.3 Å². The lowest BCUT2D eigenvalue weighted by Gasteiger charge is -1.90. The summed E-state index contributed by atoms with van der Waals surface area (Å²) < 4.78 is 18.6. The van der Waals surface area contributed by atoms with Crippen LogP contribution in [0.25, 0.3) is 17.0 Å². The SMILES string of the molecule is C=C/C(Cl)=C\c1oc2ccc(F)cc2c1C. The first-order valence-electron chi connectivity index (χ1n) is 4.80. The molecule has 0 atom stereocenters. The first-order chi connectivity index (χ1) is 7.61. The minimum Gasteiger partial charge on any atom is -0.456 e. The minimum absolute atomic E-state index is 0.276. The van der Waals surface area contributed by atoms with Gasteiger partial charge in [-0.05, 0) is 31.2 Å². The van der Waals surface area contributed by atoms with Gasteiger partial charge in [-0.15, -0.1) is 0 Å². The summed E-state index contributed by atoms with van der Waals surface area (Å²) in [4.78, 5) is 0. The molecule has 0 saturated heterocycles. The van der Waals surface area contributed by atoms with Crippen molar-refractivity contribution in [2.24, 2.45) is 0 Å². The van der Waals surface area contributed by atoms with Crippen LogP contribution in [0, 0.1) is 12.7 Å². The highest BCUT2D eigenvalue weighted by Crippen LogP contribution is 2.28. The van der Waals surface area contributed by atoms with Gasteiger partial charge in [-0.2, -0.15) is 0 Å². The van der Waals surface area contributed by atoms with Crippen molar-refractivity contribution in [2.75, 3.05) is 0 Å². The molecular formula is C13H10ClFO. The Bertz CT molecular complexity index is 581. The Morgan fingerprint density at radius 3 is 2.94 bits per heavy atom. The van der Waals surface area contributed by atoms with Crippen LogP contribution in [-0.2, 0) is 0 Å². The molecule has 1 aromatic heterocycles. The molecule has 3 heteroatoms. The van der Waals surface area contributed by atoms with Crippen LogP contribution in [0.2, 0.25) is 0 Å². The van der Waals surface area contributed by atoms with Crippen molar-refractivity contribution in [3.63, 3.8) is 0 Å². The summed E-state index contributed by atoms with van der Waals surface area (Å²) in [5, 5.41) is 1.25. The third-order valence-electron chi connectivity index (χ3n) is 2.40. The molecule has 1 aromatic carbocycles. The van der Waals surface area contributed by atoms with Gasteiger partial charge >= 0.3 is 0 Å². The number of benzene rings is 1. The third-order valence-corrected chi connectivity index (χ3v) is 2.66. The van der Waals surface area contributed by atoms with Gasteiger partial charge < -0.3 is 4.42 Å². The summed E-state index contributed by atoms with van der Waals surface area (Å²) >= 11 is 5.84. The molecule has 0 aliphatic carbocycles. The second-order valence-electron chi connectivity index (χ2n) is 3.47. The third kappa shape index (κ3) is 1.89. The zero-order chi connectivity index (χ0) is 11.7. The molecular weight excluding hydrogens is 227 g/mol. The van der Waals surface area contributed by atoms with Gasteiger partial charge in [-0.3, -0.25) is 0 Å². The highest BCUT2D eigenvalue weighted by Gasteiger charge is 2.09. The molecule has 0 N–H and O–H groups in total. The van der Waals surface area contributed by atoms with E-state index >= 15 is 0 Å². The molecule has 2 aromatic rings. The molecule has 1 heterocycles. The predicted octanol–water partition coefficient (Wildman–Crippen LogP) is 4.65. The molecule has 2 rings (SSSR count). The number of furan rings is 1. The van der Waals surface area contributed by atoms with E-state index in [0.717, 1.165) is 10.9 Å². The minimum atomic E-state index is -0.276. The van der Waals surface area contributed by atoms with E-state index in [-0.39, 0.29) is 5.82 Å². The van der Waals surface area contributed by atoms with Gasteiger partial charge in [0.25, 0.3) is 0 Å². The zero-order valence-electron chi connectivity index (χ0n) is 8.76. The van der Waals surface area contributed by atoms with Crippen molar-refractivity contribution in [3.05, 3.63) is 53.0 Å². The maximum Gasteiger partial charge on any atom is 0.135 e. The first kappa shape index (κ1) is 11.0. The zero-order valence-corrected chi connectivity index (χ0v) is 9.51. The van der Waals surface area contributed by atoms with E-state index in [1.165, 1.54) is 18.2 Å². The number of hydrogen-bond acceptors (Lipinski definition) is 1. The standard InChI is InChI=1S/C13H10ClFO/c1-3-9(14)6-13-8(2)11-7-10(15)4-5-12(11)16-13/h3-7H,1H2,2H3/b9-6+. The molecule has 16 heavy (non-hydrogen) atoms. The fourth-order valence-corrected chi connectivity index (χ4v) is 1.63. The highest BCUT2D eigenvalue weighted by molar-refractivity contribution is 6.33. The van der Waals surface area contributed by atoms with Crippen LogP contribution in [0.5, 0.6) is 0 Å². The Kier molecular flexibility index (Phi) is 2.84. The summed E-state index contributed by atoms with van der Waals surface area (Å²) in [7, 11) is 0. The molecule has 0 spiro atoms. The lowest BCUT2D eigenvalue weighted by molar-refractivity contribution is 0.598. The molecule has 82 valence electrons. The van der Waals surface area contributed by atoms with E-state index in [0.29, 0.717) is 16.4 Å². The summed E-state index contributed by atoms with van der Waals surface area (Å²) in [6, 6.07) is 4.43. The van der Waals surface area contributed by atoms with Crippen LogP contribution >= 0.6 is 11.6 Å². The lowest BCUT2D eigenvalue weighted by atomic mass is 10.1. The molecule has 0 amide bonds. The number of aryl methyl sites for hydroxylation is 1. The second-order valence-corrected chi connectivity index (χ2v) is 3.90. The van der Waals surface area contributed by atoms with Crippen molar-refractivity contribution in [3.8, 4) is 0 Å². The van der Waals surface area contributed by atoms with Crippen LogP contribution in [0.3, 0.4) is 0 Å². The van der Waals surface area contributed by atoms with E-state index in [2.05, 4.69) is 6.58 Å². The number of hydrogen-bond donors (Lipinski definition) is 0. The molecule has 0 aliphatic rings. The van der Waals surface area contributed by atoms with Crippen molar-refractivity contribution >= 4 is 28.6 Å². The molecule has 0 aliphatic heterocycles. The molecule has 0 radical (unpaired) electrons. The van der Waals surface area contributed by atoms with Crippen molar-refractivity contribution < 1.29 is 8.81 Å². The highest BCUT2D eigenvalue weighted by atomic mass is 35.5. The van der Waals surface area contributed by atoms with Crippen molar-refractivity contribution in [1.82, 2.24) is 0 Å². The summed E-state index contributed by atoms with van der Waals surface area (Å²) in [5.74, 6) is 0.354. The van der Waals surface area contributed by atoms with Gasteiger partial charge in [0.05, 0.1) is 0 Å². The lowest BCUT2D eigenvalue weighted by Crippen LogP contribution is -1.75. The first-order valence-corrected chi connectivity index (χ1v) is 5.18. The van der Waals surface area contributed by atoms with Crippen molar-refractivity contribution in [2.45, 2.75) is 6.92 Å². The van der Waals surface area contributed by atoms with E-state index in [9.17, 15) is 4.39 Å². The average Bonchev–Trinajstić information content (AvgIpc) is 2.56. The average molecular weight is 237 g/mol. The summed E-state index contributed by atoms with van der Waals surface area (Å²) in [6.07, 6.45) is 3.19. The smallest absolute Gasteiger partial charge is 0.135 e. The maximum absolute atomic E-state index is 13.1. The largest absolute Gasteiger partial charge is 0.456 e. The van der Waals surface area contributed by atoms with Crippen LogP contribution in [0.1, 0.15) is 11.3 Å². The van der Waals surface area contributed by atoms with Gasteiger partial charge in [-0.25, -0.2) is 4.39 Å². The van der Waals surface area contributed by atoms with Gasteiger partial charge in [0.1, 0.15) is 17.2 Å². The molecule has 1 nitrogen and oxygen atoms in total. The second kappa shape index (κ2) is 4.14.